The van der Waals surface area contributed by atoms with Gasteiger partial charge in [0.15, 0.2) is 5.13 Å². The highest BCUT2D eigenvalue weighted by molar-refractivity contribution is 7.17. The molecule has 4 N–H and O–H groups in total. The third-order valence-corrected chi connectivity index (χ3v) is 9.11. The summed E-state index contributed by atoms with van der Waals surface area (Å²) in [4.78, 5) is 38.0. The Balaban J connectivity index is 1.28. The molecule has 11 heteroatoms. The maximum Gasteiger partial charge on any atom is 0.322 e. The van der Waals surface area contributed by atoms with Crippen LogP contribution in [0.2, 0.25) is 0 Å². The summed E-state index contributed by atoms with van der Waals surface area (Å²) < 4.78 is 5.39. The largest absolute Gasteiger partial charge is 0.401 e. The van der Waals surface area contributed by atoms with Crippen molar-refractivity contribution in [1.29, 1.82) is 5.41 Å². The van der Waals surface area contributed by atoms with Crippen LogP contribution in [0.15, 0.2) is 35.5 Å². The van der Waals surface area contributed by atoms with Crippen molar-refractivity contribution in [3.8, 4) is 0 Å². The highest BCUT2D eigenvalue weighted by Crippen LogP contribution is 2.35. The number of nitrogens with zero attached hydrogens (tertiary/aromatic N) is 4. The number of para-hydroxylation sites is 1. The number of anilines is 2. The van der Waals surface area contributed by atoms with Crippen LogP contribution in [0.1, 0.15) is 47.6 Å². The van der Waals surface area contributed by atoms with E-state index in [2.05, 4.69) is 16.3 Å². The molecule has 39 heavy (non-hydrogen) atoms. The molecule has 1 fully saturated rings. The van der Waals surface area contributed by atoms with Crippen molar-refractivity contribution in [2.24, 2.45) is 11.1 Å². The second-order valence-electron chi connectivity index (χ2n) is 11.1. The van der Waals surface area contributed by atoms with E-state index in [1.165, 1.54) is 23.1 Å². The van der Waals surface area contributed by atoms with Gasteiger partial charge in [-0.1, -0.05) is 43.4 Å². The summed E-state index contributed by atoms with van der Waals surface area (Å²) in [7, 11) is 1.60. The number of fused-ring (bicyclic) bond motifs is 1. The number of nitrogens with one attached hydrogen (secondary N) is 2. The summed E-state index contributed by atoms with van der Waals surface area (Å²) in [6.45, 7) is 7.22. The van der Waals surface area contributed by atoms with Crippen molar-refractivity contribution in [2.75, 3.05) is 50.1 Å². The van der Waals surface area contributed by atoms with Crippen molar-refractivity contribution in [2.45, 2.75) is 45.8 Å². The van der Waals surface area contributed by atoms with Crippen molar-refractivity contribution in [3.05, 3.63) is 51.7 Å². The van der Waals surface area contributed by atoms with Crippen LogP contribution < -0.4 is 16.0 Å². The zero-order chi connectivity index (χ0) is 27.7. The van der Waals surface area contributed by atoms with E-state index in [0.717, 1.165) is 43.2 Å². The molecule has 3 aliphatic rings. The van der Waals surface area contributed by atoms with E-state index in [1.54, 1.807) is 12.0 Å². The first-order valence-corrected chi connectivity index (χ1v) is 14.2. The smallest absolute Gasteiger partial charge is 0.322 e. The number of nitrogens with two attached hydrogens (primary N) is 1. The van der Waals surface area contributed by atoms with Crippen LogP contribution in [0, 0.1) is 10.8 Å². The van der Waals surface area contributed by atoms with Crippen molar-refractivity contribution in [3.63, 3.8) is 0 Å². The van der Waals surface area contributed by atoms with Crippen molar-refractivity contribution >= 4 is 40.3 Å². The molecule has 2 aromatic rings. The van der Waals surface area contributed by atoms with Crippen molar-refractivity contribution in [1.82, 2.24) is 14.8 Å². The van der Waals surface area contributed by atoms with Gasteiger partial charge in [0.05, 0.1) is 12.3 Å². The van der Waals surface area contributed by atoms with Gasteiger partial charge in [-0.3, -0.25) is 4.79 Å². The lowest BCUT2D eigenvalue weighted by Crippen LogP contribution is -2.48. The third kappa shape index (κ3) is 5.38. The number of benzene rings is 1. The monoisotopic (exact) mass is 551 g/mol. The van der Waals surface area contributed by atoms with Crippen LogP contribution in [0.3, 0.4) is 0 Å². The van der Waals surface area contributed by atoms with Gasteiger partial charge in [0.25, 0.3) is 5.91 Å². The van der Waals surface area contributed by atoms with E-state index in [9.17, 15) is 9.59 Å². The molecule has 0 spiro atoms. The number of thiazole rings is 1. The van der Waals surface area contributed by atoms with Crippen LogP contribution in [0.25, 0.3) is 0 Å². The van der Waals surface area contributed by atoms with E-state index >= 15 is 0 Å². The molecule has 0 unspecified atom stereocenters. The molecule has 3 amide bonds. The van der Waals surface area contributed by atoms with Crippen LogP contribution in [-0.4, -0.2) is 78.8 Å². The number of hydrogen-bond acceptors (Lipinski definition) is 8. The molecule has 1 saturated heterocycles. The van der Waals surface area contributed by atoms with E-state index in [0.29, 0.717) is 41.5 Å². The fraction of sp³-hybridized carbons (Fsp3) is 0.500. The predicted molar refractivity (Wildman–Crippen MR) is 154 cm³/mol. The molecule has 1 aromatic carbocycles. The van der Waals surface area contributed by atoms with E-state index in [4.69, 9.17) is 20.9 Å². The fourth-order valence-corrected chi connectivity index (χ4v) is 6.83. The number of rotatable bonds is 6. The summed E-state index contributed by atoms with van der Waals surface area (Å²) in [5, 5.41) is 11.6. The van der Waals surface area contributed by atoms with Gasteiger partial charge >= 0.3 is 6.03 Å². The maximum absolute atomic E-state index is 13.7. The Hall–Kier alpha value is -3.44. The number of hydrogen-bond donors (Lipinski definition) is 3. The minimum Gasteiger partial charge on any atom is -0.401 e. The number of carbonyl (C=O) groups excluding carboxylic acids is 2. The van der Waals surface area contributed by atoms with Crippen LogP contribution in [-0.2, 0) is 17.8 Å². The highest BCUT2D eigenvalue weighted by Gasteiger charge is 2.37. The second-order valence-corrected chi connectivity index (χ2v) is 12.1. The highest BCUT2D eigenvalue weighted by atomic mass is 32.1. The molecule has 3 aliphatic heterocycles. The SMILES string of the molecule is COCc1nc(N2CCC(N3CCc4ccccc4NC3=O)CC2)sc1C(=O)N1CC(C=N)=C(N)C(C)(C)C1. The Labute approximate surface area is 233 Å². The lowest BCUT2D eigenvalue weighted by Gasteiger charge is -2.39. The van der Waals surface area contributed by atoms with Gasteiger partial charge in [-0.2, -0.15) is 0 Å². The number of methoxy groups -OCH3 is 1. The molecule has 0 saturated carbocycles. The first-order chi connectivity index (χ1) is 18.7. The minimum atomic E-state index is -0.418. The average molecular weight is 552 g/mol. The van der Waals surface area contributed by atoms with Crippen LogP contribution >= 0.6 is 11.3 Å². The summed E-state index contributed by atoms with van der Waals surface area (Å²) >= 11 is 1.40. The van der Waals surface area contributed by atoms with Gasteiger partial charge in [-0.15, -0.1) is 0 Å². The van der Waals surface area contributed by atoms with Gasteiger partial charge < -0.3 is 35.9 Å². The third-order valence-electron chi connectivity index (χ3n) is 7.96. The summed E-state index contributed by atoms with van der Waals surface area (Å²) in [6.07, 6.45) is 3.75. The Bertz CT molecular complexity index is 1300. The van der Waals surface area contributed by atoms with E-state index < -0.39 is 5.41 Å². The van der Waals surface area contributed by atoms with Gasteiger partial charge in [-0.05, 0) is 30.9 Å². The first-order valence-electron chi connectivity index (χ1n) is 13.4. The number of piperidine rings is 1. The number of aromatic nitrogens is 1. The standard InChI is InChI=1S/C28H37N7O3S/c1-28(2)17-34(15-19(14-29)24(28)30)25(36)23-22(16-38-3)32-27(39-23)33-11-9-20(10-12-33)35-13-8-18-6-4-5-7-21(18)31-26(35)37/h4-7,14,20,29H,8-13,15-17,30H2,1-3H3,(H,31,37). The zero-order valence-electron chi connectivity index (χ0n) is 22.8. The number of amides is 3. The molecule has 5 rings (SSSR count). The normalized spacial score (nSPS) is 20.0. The molecule has 208 valence electrons. The molecular formula is C28H37N7O3S. The Morgan fingerprint density at radius 2 is 2.03 bits per heavy atom. The lowest BCUT2D eigenvalue weighted by atomic mass is 9.83. The zero-order valence-corrected chi connectivity index (χ0v) is 23.6. The molecule has 10 nitrogen and oxygen atoms in total. The number of carbonyl (C=O) groups is 2. The Morgan fingerprint density at radius 3 is 2.74 bits per heavy atom. The average Bonchev–Trinajstić information content (AvgIpc) is 3.26. The fourth-order valence-electron chi connectivity index (χ4n) is 5.74. The van der Waals surface area contributed by atoms with Gasteiger partial charge in [0.1, 0.15) is 4.88 Å². The topological polar surface area (TPSA) is 128 Å². The second kappa shape index (κ2) is 11.0. The molecule has 0 bridgehead atoms. The first kappa shape index (κ1) is 27.1. The predicted octanol–water partition coefficient (Wildman–Crippen LogP) is 3.69. The van der Waals surface area contributed by atoms with Crippen LogP contribution in [0.5, 0.6) is 0 Å². The Kier molecular flexibility index (Phi) is 7.64. The van der Waals surface area contributed by atoms with Crippen LogP contribution in [0.4, 0.5) is 15.6 Å². The molecule has 0 radical (unpaired) electrons. The van der Waals surface area contributed by atoms with E-state index in [1.807, 2.05) is 36.9 Å². The minimum absolute atomic E-state index is 0.0358. The molecular weight excluding hydrogens is 514 g/mol. The van der Waals surface area contributed by atoms with Gasteiger partial charge in [-0.25, -0.2) is 9.78 Å². The molecule has 4 heterocycles. The van der Waals surface area contributed by atoms with E-state index in [-0.39, 0.29) is 24.6 Å². The molecule has 0 aliphatic carbocycles. The summed E-state index contributed by atoms with van der Waals surface area (Å²) in [5.74, 6) is -0.110. The van der Waals surface area contributed by atoms with Gasteiger partial charge in [0.2, 0.25) is 0 Å². The van der Waals surface area contributed by atoms with Crippen molar-refractivity contribution < 1.29 is 14.3 Å². The molecule has 0 atom stereocenters. The lowest BCUT2D eigenvalue weighted by molar-refractivity contribution is 0.0705. The Morgan fingerprint density at radius 1 is 1.28 bits per heavy atom. The number of urea groups is 1. The maximum atomic E-state index is 13.7. The summed E-state index contributed by atoms with van der Waals surface area (Å²) in [6, 6.07) is 8.11. The van der Waals surface area contributed by atoms with Gasteiger partial charge in [0, 0.05) is 74.5 Å². The number of ether oxygens (including phenoxy) is 1. The summed E-state index contributed by atoms with van der Waals surface area (Å²) in [5.41, 5.74) is 9.88. The quantitative estimate of drug-likeness (QED) is 0.470. The molecule has 1 aromatic heterocycles.